The van der Waals surface area contributed by atoms with Gasteiger partial charge in [0.15, 0.2) is 0 Å². The summed E-state index contributed by atoms with van der Waals surface area (Å²) in [5.41, 5.74) is 10.1. The average Bonchev–Trinajstić information content (AvgIpc) is 3.52. The Kier molecular flexibility index (Phi) is 5.42. The molecule has 0 unspecified atom stereocenters. The Morgan fingerprint density at radius 2 is 0.889 bits per heavy atom. The largest absolute Gasteiger partial charge is 0.455 e. The van der Waals surface area contributed by atoms with Crippen molar-refractivity contribution in [1.29, 1.82) is 0 Å². The Morgan fingerprint density at radius 1 is 0.356 bits per heavy atom. The molecule has 0 aliphatic rings. The van der Waals surface area contributed by atoms with Gasteiger partial charge in [0.1, 0.15) is 11.2 Å². The number of rotatable bonds is 4. The fraction of sp³-hybridized carbons (Fsp3) is 0. The Hall–Kier alpha value is -5.92. The number of para-hydroxylation sites is 1. The second-order valence-corrected chi connectivity index (χ2v) is 11.4. The third kappa shape index (κ3) is 4.09. The van der Waals surface area contributed by atoms with Gasteiger partial charge in [-0.3, -0.25) is 0 Å². The Balaban J connectivity index is 1.34. The molecule has 0 aliphatic heterocycles. The SMILES string of the molecule is [2H]c1ccc([2H])c2c(-c3cccc4oc5c(-c6ccc(-c7ccccc7)cc6)cccc5c34)c3ccccc3c(-c3ccccc3)c12. The minimum absolute atomic E-state index is 0.401. The third-order valence-electron chi connectivity index (χ3n) is 8.91. The van der Waals surface area contributed by atoms with Crippen LogP contribution in [0.2, 0.25) is 0 Å². The molecule has 0 fully saturated rings. The zero-order valence-corrected chi connectivity index (χ0v) is 24.4. The standard InChI is InChI=1S/C44H28O/c1-3-13-29(14-4-1)30-25-27-31(28-26-30)33-21-11-23-39-43-38(22-12-24-40(43)45-44(33)39)42-36-19-9-7-17-34(36)41(32-15-5-2-6-16-32)35-18-8-10-20-37(35)42/h1-28H/i17D,19D. The maximum Gasteiger partial charge on any atom is 0.143 e. The van der Waals surface area contributed by atoms with Gasteiger partial charge in [-0.1, -0.05) is 164 Å². The first kappa shape index (κ1) is 23.5. The van der Waals surface area contributed by atoms with Crippen molar-refractivity contribution in [3.8, 4) is 44.5 Å². The van der Waals surface area contributed by atoms with E-state index in [1.54, 1.807) is 12.1 Å². The molecule has 0 atom stereocenters. The van der Waals surface area contributed by atoms with Crippen LogP contribution in [-0.2, 0) is 0 Å². The monoisotopic (exact) mass is 574 g/mol. The van der Waals surface area contributed by atoms with E-state index < -0.39 is 0 Å². The van der Waals surface area contributed by atoms with Crippen LogP contribution in [0.15, 0.2) is 174 Å². The van der Waals surface area contributed by atoms with E-state index >= 15 is 0 Å². The predicted molar refractivity (Wildman–Crippen MR) is 190 cm³/mol. The van der Waals surface area contributed by atoms with E-state index in [-0.39, 0.29) is 0 Å². The maximum absolute atomic E-state index is 9.24. The molecule has 0 radical (unpaired) electrons. The highest BCUT2D eigenvalue weighted by Gasteiger charge is 2.21. The van der Waals surface area contributed by atoms with E-state index in [1.165, 1.54) is 11.1 Å². The van der Waals surface area contributed by atoms with Gasteiger partial charge in [0, 0.05) is 16.3 Å². The Bertz CT molecular complexity index is 2620. The van der Waals surface area contributed by atoms with Crippen LogP contribution in [-0.4, -0.2) is 0 Å². The quantitative estimate of drug-likeness (QED) is 0.191. The fourth-order valence-corrected chi connectivity index (χ4v) is 6.92. The smallest absolute Gasteiger partial charge is 0.143 e. The topological polar surface area (TPSA) is 13.1 Å². The van der Waals surface area contributed by atoms with Gasteiger partial charge in [0.05, 0.1) is 2.74 Å². The molecule has 0 spiro atoms. The molecule has 1 aromatic heterocycles. The molecular formula is C44H28O. The van der Waals surface area contributed by atoms with Crippen LogP contribution in [0.3, 0.4) is 0 Å². The lowest BCUT2D eigenvalue weighted by atomic mass is 9.85. The summed E-state index contributed by atoms with van der Waals surface area (Å²) in [6.45, 7) is 0. The van der Waals surface area contributed by atoms with E-state index in [0.29, 0.717) is 12.1 Å². The fourth-order valence-electron chi connectivity index (χ4n) is 6.92. The minimum atomic E-state index is 0.401. The first-order valence-electron chi connectivity index (χ1n) is 16.3. The summed E-state index contributed by atoms with van der Waals surface area (Å²) in [6.07, 6.45) is 0. The third-order valence-corrected chi connectivity index (χ3v) is 8.91. The first-order chi connectivity index (χ1) is 23.2. The lowest BCUT2D eigenvalue weighted by Gasteiger charge is -2.18. The summed E-state index contributed by atoms with van der Waals surface area (Å²) in [4.78, 5) is 0. The molecule has 0 bridgehead atoms. The lowest BCUT2D eigenvalue weighted by Crippen LogP contribution is -1.91. The van der Waals surface area contributed by atoms with Crippen molar-refractivity contribution in [2.45, 2.75) is 0 Å². The van der Waals surface area contributed by atoms with Gasteiger partial charge in [0.2, 0.25) is 0 Å². The summed E-state index contributed by atoms with van der Waals surface area (Å²) in [5, 5.41) is 5.72. The number of furan rings is 1. The molecule has 9 rings (SSSR count). The van der Waals surface area contributed by atoms with Gasteiger partial charge in [-0.2, -0.15) is 0 Å². The molecule has 0 aliphatic carbocycles. The normalized spacial score (nSPS) is 12.2. The summed E-state index contributed by atoms with van der Waals surface area (Å²) >= 11 is 0. The van der Waals surface area contributed by atoms with Crippen molar-refractivity contribution in [3.05, 3.63) is 170 Å². The van der Waals surface area contributed by atoms with Crippen LogP contribution in [0.1, 0.15) is 2.74 Å². The van der Waals surface area contributed by atoms with E-state index in [2.05, 4.69) is 109 Å². The number of benzene rings is 8. The van der Waals surface area contributed by atoms with E-state index in [1.807, 2.05) is 36.4 Å². The molecule has 210 valence electrons. The van der Waals surface area contributed by atoms with Crippen LogP contribution >= 0.6 is 0 Å². The van der Waals surface area contributed by atoms with Crippen LogP contribution in [0, 0.1) is 0 Å². The van der Waals surface area contributed by atoms with Crippen LogP contribution in [0.5, 0.6) is 0 Å². The van der Waals surface area contributed by atoms with Gasteiger partial charge in [-0.05, 0) is 66.6 Å². The summed E-state index contributed by atoms with van der Waals surface area (Å²) < 4.78 is 25.1. The zero-order valence-electron chi connectivity index (χ0n) is 26.4. The first-order valence-corrected chi connectivity index (χ1v) is 15.3. The predicted octanol–water partition coefficient (Wildman–Crippen LogP) is 12.6. The van der Waals surface area contributed by atoms with Crippen LogP contribution in [0.4, 0.5) is 0 Å². The van der Waals surface area contributed by atoms with Gasteiger partial charge in [-0.25, -0.2) is 0 Å². The highest BCUT2D eigenvalue weighted by atomic mass is 16.3. The second kappa shape index (κ2) is 10.4. The van der Waals surface area contributed by atoms with Crippen molar-refractivity contribution in [2.24, 2.45) is 0 Å². The number of hydrogen-bond donors (Lipinski definition) is 0. The van der Waals surface area contributed by atoms with Crippen molar-refractivity contribution >= 4 is 43.5 Å². The second-order valence-electron chi connectivity index (χ2n) is 11.4. The van der Waals surface area contributed by atoms with E-state index in [0.717, 1.165) is 76.9 Å². The molecule has 8 aromatic carbocycles. The van der Waals surface area contributed by atoms with Crippen LogP contribution < -0.4 is 0 Å². The Labute approximate surface area is 264 Å². The molecule has 9 aromatic rings. The van der Waals surface area contributed by atoms with Gasteiger partial charge >= 0.3 is 0 Å². The van der Waals surface area contributed by atoms with Crippen molar-refractivity contribution < 1.29 is 7.16 Å². The van der Waals surface area contributed by atoms with E-state index in [4.69, 9.17) is 5.79 Å². The van der Waals surface area contributed by atoms with Gasteiger partial charge in [-0.15, -0.1) is 0 Å². The molecule has 0 saturated heterocycles. The molecule has 1 nitrogen and oxygen atoms in total. The van der Waals surface area contributed by atoms with Gasteiger partial charge < -0.3 is 4.42 Å². The van der Waals surface area contributed by atoms with Crippen LogP contribution in [0.25, 0.3) is 88.0 Å². The Morgan fingerprint density at radius 3 is 1.62 bits per heavy atom. The summed E-state index contributed by atoms with van der Waals surface area (Å²) in [5.74, 6) is 0. The molecule has 45 heavy (non-hydrogen) atoms. The molecular weight excluding hydrogens is 544 g/mol. The average molecular weight is 575 g/mol. The minimum Gasteiger partial charge on any atom is -0.455 e. The highest BCUT2D eigenvalue weighted by Crippen LogP contribution is 2.47. The molecule has 0 saturated carbocycles. The maximum atomic E-state index is 9.24. The highest BCUT2D eigenvalue weighted by molar-refractivity contribution is 6.26. The van der Waals surface area contributed by atoms with E-state index in [9.17, 15) is 1.37 Å². The van der Waals surface area contributed by atoms with Crippen molar-refractivity contribution in [3.63, 3.8) is 0 Å². The molecule has 0 amide bonds. The van der Waals surface area contributed by atoms with Crippen molar-refractivity contribution in [2.75, 3.05) is 0 Å². The van der Waals surface area contributed by atoms with Crippen molar-refractivity contribution in [1.82, 2.24) is 0 Å². The summed E-state index contributed by atoms with van der Waals surface area (Å²) in [7, 11) is 0. The molecule has 1 heterocycles. The van der Waals surface area contributed by atoms with Gasteiger partial charge in [0.25, 0.3) is 0 Å². The number of fused-ring (bicyclic) bond motifs is 5. The number of hydrogen-bond acceptors (Lipinski definition) is 1. The lowest BCUT2D eigenvalue weighted by molar-refractivity contribution is 0.670. The molecule has 0 N–H and O–H groups in total. The molecule has 1 heteroatoms. The zero-order chi connectivity index (χ0) is 31.5. The summed E-state index contributed by atoms with van der Waals surface area (Å²) in [6, 6.07) is 54.6.